The van der Waals surface area contributed by atoms with E-state index in [1.165, 1.54) is 12.1 Å². The van der Waals surface area contributed by atoms with E-state index in [0.29, 0.717) is 21.5 Å². The van der Waals surface area contributed by atoms with E-state index in [4.69, 9.17) is 11.6 Å². The molecule has 0 bridgehead atoms. The molecule has 0 radical (unpaired) electrons. The number of halogens is 3. The van der Waals surface area contributed by atoms with E-state index in [0.717, 1.165) is 38.2 Å². The molecular weight excluding hydrogens is 343 g/mol. The van der Waals surface area contributed by atoms with Crippen molar-refractivity contribution >= 4 is 33.2 Å². The van der Waals surface area contributed by atoms with E-state index in [-0.39, 0.29) is 5.82 Å². The number of likely N-dealkylation sites (tertiary alicyclic amines) is 1. The summed E-state index contributed by atoms with van der Waals surface area (Å²) in [5, 5.41) is 3.88. The summed E-state index contributed by atoms with van der Waals surface area (Å²) < 4.78 is 13.9. The summed E-state index contributed by atoms with van der Waals surface area (Å²) in [5.41, 5.74) is 0.801. The third-order valence-electron chi connectivity index (χ3n) is 3.57. The lowest BCUT2D eigenvalue weighted by molar-refractivity contribution is 0.198. The van der Waals surface area contributed by atoms with E-state index in [9.17, 15) is 4.39 Å². The summed E-state index contributed by atoms with van der Waals surface area (Å²) in [7, 11) is 0. The van der Waals surface area contributed by atoms with Crippen LogP contribution in [0.4, 0.5) is 10.1 Å². The molecule has 0 unspecified atom stereocenters. The van der Waals surface area contributed by atoms with Crippen LogP contribution in [-0.2, 0) is 0 Å². The molecule has 1 aliphatic rings. The molecule has 0 spiro atoms. The fourth-order valence-corrected chi connectivity index (χ4v) is 3.58. The van der Waals surface area contributed by atoms with Crippen LogP contribution in [0.25, 0.3) is 0 Å². The first-order chi connectivity index (χ1) is 9.45. The molecule has 20 heavy (non-hydrogen) atoms. The lowest BCUT2D eigenvalue weighted by Crippen LogP contribution is -2.40. The first-order valence-electron chi connectivity index (χ1n) is 7.09. The molecule has 1 aromatic rings. The monoisotopic (exact) mass is 362 g/mol. The highest BCUT2D eigenvalue weighted by molar-refractivity contribution is 9.10. The molecular formula is C15H21BrClFN2. The van der Waals surface area contributed by atoms with Crippen molar-refractivity contribution in [2.24, 2.45) is 5.92 Å². The lowest BCUT2D eigenvalue weighted by atomic mass is 10.0. The Hall–Kier alpha value is -0.320. The van der Waals surface area contributed by atoms with Crippen molar-refractivity contribution in [2.75, 3.05) is 25.0 Å². The van der Waals surface area contributed by atoms with Gasteiger partial charge in [-0.3, -0.25) is 0 Å². The molecule has 1 saturated heterocycles. The van der Waals surface area contributed by atoms with Crippen molar-refractivity contribution < 1.29 is 4.39 Å². The van der Waals surface area contributed by atoms with Crippen LogP contribution >= 0.6 is 27.5 Å². The molecule has 1 N–H and O–H groups in total. The molecule has 0 amide bonds. The summed E-state index contributed by atoms with van der Waals surface area (Å²) >= 11 is 9.48. The Morgan fingerprint density at radius 3 is 2.60 bits per heavy atom. The third kappa shape index (κ3) is 4.34. The Balaban J connectivity index is 1.93. The van der Waals surface area contributed by atoms with Crippen LogP contribution in [-0.4, -0.2) is 30.6 Å². The number of rotatable bonds is 4. The number of benzene rings is 1. The van der Waals surface area contributed by atoms with Crippen LogP contribution in [0.2, 0.25) is 5.02 Å². The van der Waals surface area contributed by atoms with E-state index in [2.05, 4.69) is 40.0 Å². The second-order valence-electron chi connectivity index (χ2n) is 5.86. The molecule has 5 heteroatoms. The minimum atomic E-state index is -0.320. The lowest BCUT2D eigenvalue weighted by Gasteiger charge is -2.34. The topological polar surface area (TPSA) is 15.3 Å². The fraction of sp³-hybridized carbons (Fsp3) is 0.600. The minimum absolute atomic E-state index is 0.320. The summed E-state index contributed by atoms with van der Waals surface area (Å²) in [6.07, 6.45) is 2.18. The molecule has 1 heterocycles. The Morgan fingerprint density at radius 2 is 2.05 bits per heavy atom. The van der Waals surface area contributed by atoms with E-state index < -0.39 is 0 Å². The van der Waals surface area contributed by atoms with Crippen molar-refractivity contribution in [2.45, 2.75) is 32.7 Å². The Labute approximate surface area is 133 Å². The van der Waals surface area contributed by atoms with Crippen LogP contribution in [0.3, 0.4) is 0 Å². The number of nitrogens with one attached hydrogen (secondary N) is 1. The van der Waals surface area contributed by atoms with Crippen molar-refractivity contribution in [1.29, 1.82) is 0 Å². The average molecular weight is 364 g/mol. The van der Waals surface area contributed by atoms with Gasteiger partial charge in [-0.1, -0.05) is 25.4 Å². The maximum Gasteiger partial charge on any atom is 0.125 e. The van der Waals surface area contributed by atoms with Gasteiger partial charge in [-0.15, -0.1) is 0 Å². The van der Waals surface area contributed by atoms with Crippen LogP contribution in [0.15, 0.2) is 16.6 Å². The summed E-state index contributed by atoms with van der Waals surface area (Å²) in [6, 6.07) is 3.20. The number of anilines is 1. The maximum absolute atomic E-state index is 13.2. The van der Waals surface area contributed by atoms with Gasteiger partial charge in [-0.2, -0.15) is 0 Å². The zero-order chi connectivity index (χ0) is 14.7. The van der Waals surface area contributed by atoms with Gasteiger partial charge < -0.3 is 10.2 Å². The fourth-order valence-electron chi connectivity index (χ4n) is 2.66. The van der Waals surface area contributed by atoms with Gasteiger partial charge in [0.15, 0.2) is 0 Å². The summed E-state index contributed by atoms with van der Waals surface area (Å²) in [6.45, 7) is 7.87. The minimum Gasteiger partial charge on any atom is -0.380 e. The predicted molar refractivity (Wildman–Crippen MR) is 87.0 cm³/mol. The van der Waals surface area contributed by atoms with Crippen molar-refractivity contribution in [3.05, 3.63) is 27.4 Å². The average Bonchev–Trinajstić information content (AvgIpc) is 2.35. The zero-order valence-corrected chi connectivity index (χ0v) is 14.3. The standard InChI is InChI=1S/C15H21BrClFN2/c1-10(2)9-20-5-3-12(4-6-20)19-15-13(16)7-11(18)8-14(15)17/h7-8,10,12,19H,3-6,9H2,1-2H3. The number of hydrogen-bond acceptors (Lipinski definition) is 2. The van der Waals surface area contributed by atoms with Gasteiger partial charge in [0.2, 0.25) is 0 Å². The number of hydrogen-bond donors (Lipinski definition) is 1. The van der Waals surface area contributed by atoms with E-state index >= 15 is 0 Å². The second kappa shape index (κ2) is 7.10. The molecule has 0 aliphatic carbocycles. The third-order valence-corrected chi connectivity index (χ3v) is 4.49. The van der Waals surface area contributed by atoms with Crippen LogP contribution < -0.4 is 5.32 Å². The molecule has 2 rings (SSSR count). The van der Waals surface area contributed by atoms with Crippen molar-refractivity contribution in [3.63, 3.8) is 0 Å². The molecule has 2 nitrogen and oxygen atoms in total. The van der Waals surface area contributed by atoms with Crippen LogP contribution in [0, 0.1) is 11.7 Å². The number of piperidine rings is 1. The summed E-state index contributed by atoms with van der Waals surface area (Å²) in [4.78, 5) is 2.50. The Bertz CT molecular complexity index is 436. The largest absolute Gasteiger partial charge is 0.380 e. The van der Waals surface area contributed by atoms with Gasteiger partial charge in [-0.05, 0) is 46.8 Å². The molecule has 1 aliphatic heterocycles. The summed E-state index contributed by atoms with van der Waals surface area (Å²) in [5.74, 6) is 0.388. The van der Waals surface area contributed by atoms with Crippen LogP contribution in [0.1, 0.15) is 26.7 Å². The highest BCUT2D eigenvalue weighted by Gasteiger charge is 2.21. The van der Waals surface area contributed by atoms with Gasteiger partial charge in [0.1, 0.15) is 5.82 Å². The number of nitrogens with zero attached hydrogens (tertiary/aromatic N) is 1. The predicted octanol–water partition coefficient (Wildman–Crippen LogP) is 4.77. The molecule has 0 aromatic heterocycles. The first kappa shape index (κ1) is 16.1. The Morgan fingerprint density at radius 1 is 1.40 bits per heavy atom. The smallest absolute Gasteiger partial charge is 0.125 e. The molecule has 112 valence electrons. The quantitative estimate of drug-likeness (QED) is 0.828. The van der Waals surface area contributed by atoms with E-state index in [1.54, 1.807) is 0 Å². The molecule has 0 atom stereocenters. The van der Waals surface area contributed by atoms with Crippen LogP contribution in [0.5, 0.6) is 0 Å². The van der Waals surface area contributed by atoms with E-state index in [1.807, 2.05) is 0 Å². The van der Waals surface area contributed by atoms with Gasteiger partial charge in [0.05, 0.1) is 10.7 Å². The first-order valence-corrected chi connectivity index (χ1v) is 8.26. The normalized spacial score (nSPS) is 17.7. The SMILES string of the molecule is CC(C)CN1CCC(Nc2c(Cl)cc(F)cc2Br)CC1. The van der Waals surface area contributed by atoms with Crippen molar-refractivity contribution in [1.82, 2.24) is 4.90 Å². The Kier molecular flexibility index (Phi) is 5.70. The molecule has 1 aromatic carbocycles. The van der Waals surface area contributed by atoms with Gasteiger partial charge in [0, 0.05) is 30.1 Å². The zero-order valence-electron chi connectivity index (χ0n) is 11.9. The second-order valence-corrected chi connectivity index (χ2v) is 7.12. The van der Waals surface area contributed by atoms with Gasteiger partial charge in [-0.25, -0.2) is 4.39 Å². The van der Waals surface area contributed by atoms with Gasteiger partial charge >= 0.3 is 0 Å². The molecule has 0 saturated carbocycles. The highest BCUT2D eigenvalue weighted by Crippen LogP contribution is 2.33. The maximum atomic E-state index is 13.2. The highest BCUT2D eigenvalue weighted by atomic mass is 79.9. The molecule has 1 fully saturated rings. The van der Waals surface area contributed by atoms with Crippen molar-refractivity contribution in [3.8, 4) is 0 Å². The van der Waals surface area contributed by atoms with Gasteiger partial charge in [0.25, 0.3) is 0 Å².